The van der Waals surface area contributed by atoms with E-state index in [-0.39, 0.29) is 6.61 Å². The molecule has 0 aliphatic heterocycles. The second-order valence-electron chi connectivity index (χ2n) is 4.07. The highest BCUT2D eigenvalue weighted by atomic mass is 32.1. The fourth-order valence-electron chi connectivity index (χ4n) is 1.81. The normalized spacial score (nSPS) is 10.4. The molecule has 0 amide bonds. The molecule has 0 heterocycles. The molecule has 1 aromatic rings. The molecule has 0 saturated carbocycles. The molecule has 0 atom stereocenters. The van der Waals surface area contributed by atoms with Gasteiger partial charge in [0.15, 0.2) is 0 Å². The Morgan fingerprint density at radius 1 is 1.44 bits per heavy atom. The van der Waals surface area contributed by atoms with E-state index < -0.39 is 0 Å². The molecule has 0 aliphatic rings. The highest BCUT2D eigenvalue weighted by Gasteiger charge is 2.08. The van der Waals surface area contributed by atoms with Gasteiger partial charge in [-0.15, -0.1) is 0 Å². The van der Waals surface area contributed by atoms with E-state index in [1.807, 2.05) is 25.1 Å². The second-order valence-corrected chi connectivity index (χ2v) is 4.51. The minimum atomic E-state index is 0.111. The van der Waals surface area contributed by atoms with Crippen molar-refractivity contribution in [3.05, 3.63) is 29.3 Å². The summed E-state index contributed by atoms with van der Waals surface area (Å²) in [5.41, 5.74) is 8.61. The summed E-state index contributed by atoms with van der Waals surface area (Å²) in [6, 6.07) is 5.91. The largest absolute Gasteiger partial charge is 0.395 e. The van der Waals surface area contributed by atoms with Gasteiger partial charge in [0.05, 0.1) is 13.2 Å². The van der Waals surface area contributed by atoms with E-state index in [0.717, 1.165) is 23.4 Å². The lowest BCUT2D eigenvalue weighted by molar-refractivity contribution is 0.203. The van der Waals surface area contributed by atoms with Gasteiger partial charge in [-0.2, -0.15) is 0 Å². The molecule has 5 heteroatoms. The summed E-state index contributed by atoms with van der Waals surface area (Å²) in [5.74, 6) is 0. The van der Waals surface area contributed by atoms with Crippen molar-refractivity contribution in [2.75, 3.05) is 38.3 Å². The van der Waals surface area contributed by atoms with E-state index in [0.29, 0.717) is 18.1 Å². The SMILES string of the molecule is COCCN(CCO)c1ccc(C(N)=S)c(C)c1. The van der Waals surface area contributed by atoms with Crippen molar-refractivity contribution >= 4 is 22.9 Å². The zero-order valence-electron chi connectivity index (χ0n) is 10.8. The molecular formula is C13H20N2O2S. The van der Waals surface area contributed by atoms with Crippen molar-refractivity contribution in [3.8, 4) is 0 Å². The molecule has 0 aromatic heterocycles. The van der Waals surface area contributed by atoms with Crippen molar-refractivity contribution in [1.29, 1.82) is 0 Å². The summed E-state index contributed by atoms with van der Waals surface area (Å²) in [4.78, 5) is 2.48. The molecule has 1 aromatic carbocycles. The number of thiocarbonyl (C=S) groups is 1. The van der Waals surface area contributed by atoms with Gasteiger partial charge in [0.2, 0.25) is 0 Å². The van der Waals surface area contributed by atoms with Crippen LogP contribution in [0.5, 0.6) is 0 Å². The Morgan fingerprint density at radius 3 is 2.67 bits per heavy atom. The molecule has 0 aliphatic carbocycles. The molecular weight excluding hydrogens is 248 g/mol. The van der Waals surface area contributed by atoms with E-state index >= 15 is 0 Å². The molecule has 0 saturated heterocycles. The van der Waals surface area contributed by atoms with E-state index in [1.165, 1.54) is 0 Å². The molecule has 1 rings (SSSR count). The van der Waals surface area contributed by atoms with Crippen LogP contribution in [0.15, 0.2) is 18.2 Å². The summed E-state index contributed by atoms with van der Waals surface area (Å²) >= 11 is 4.98. The highest BCUT2D eigenvalue weighted by molar-refractivity contribution is 7.80. The Labute approximate surface area is 113 Å². The van der Waals surface area contributed by atoms with Gasteiger partial charge in [-0.05, 0) is 30.7 Å². The monoisotopic (exact) mass is 268 g/mol. The lowest BCUT2D eigenvalue weighted by atomic mass is 10.1. The quantitative estimate of drug-likeness (QED) is 0.725. The van der Waals surface area contributed by atoms with Crippen LogP contribution in [0.4, 0.5) is 5.69 Å². The number of anilines is 1. The smallest absolute Gasteiger partial charge is 0.104 e. The third-order valence-electron chi connectivity index (χ3n) is 2.78. The van der Waals surface area contributed by atoms with Gasteiger partial charge in [0.25, 0.3) is 0 Å². The van der Waals surface area contributed by atoms with Crippen LogP contribution in [0.3, 0.4) is 0 Å². The second kappa shape index (κ2) is 7.31. The number of aliphatic hydroxyl groups excluding tert-OH is 1. The van der Waals surface area contributed by atoms with Crippen LogP contribution in [0.1, 0.15) is 11.1 Å². The number of hydrogen-bond acceptors (Lipinski definition) is 4. The van der Waals surface area contributed by atoms with Crippen molar-refractivity contribution in [3.63, 3.8) is 0 Å². The maximum atomic E-state index is 9.09. The van der Waals surface area contributed by atoms with Gasteiger partial charge in [0, 0.05) is 31.5 Å². The first kappa shape index (κ1) is 14.9. The number of aliphatic hydroxyl groups is 1. The molecule has 18 heavy (non-hydrogen) atoms. The molecule has 0 radical (unpaired) electrons. The van der Waals surface area contributed by atoms with E-state index in [9.17, 15) is 0 Å². The van der Waals surface area contributed by atoms with Crippen LogP contribution in [0.25, 0.3) is 0 Å². The summed E-state index contributed by atoms with van der Waals surface area (Å²) in [6.07, 6.45) is 0. The van der Waals surface area contributed by atoms with E-state index in [1.54, 1.807) is 7.11 Å². The maximum Gasteiger partial charge on any atom is 0.104 e. The average Bonchev–Trinajstić information content (AvgIpc) is 2.33. The molecule has 0 bridgehead atoms. The predicted octanol–water partition coefficient (Wildman–Crippen LogP) is 1.07. The van der Waals surface area contributed by atoms with Crippen LogP contribution >= 0.6 is 12.2 Å². The van der Waals surface area contributed by atoms with Crippen molar-refractivity contribution < 1.29 is 9.84 Å². The topological polar surface area (TPSA) is 58.7 Å². The van der Waals surface area contributed by atoms with E-state index in [2.05, 4.69) is 4.90 Å². The first-order valence-electron chi connectivity index (χ1n) is 5.85. The fraction of sp³-hybridized carbons (Fsp3) is 0.462. The highest BCUT2D eigenvalue weighted by Crippen LogP contribution is 2.19. The standard InChI is InChI=1S/C13H20N2O2S/c1-10-9-11(3-4-12(10)13(14)18)15(5-7-16)6-8-17-2/h3-4,9,16H,5-8H2,1-2H3,(H2,14,18). The molecule has 4 nitrogen and oxygen atoms in total. The Hall–Kier alpha value is -1.17. The summed E-state index contributed by atoms with van der Waals surface area (Å²) in [6.45, 7) is 4.03. The van der Waals surface area contributed by atoms with Gasteiger partial charge in [-0.25, -0.2) is 0 Å². The zero-order valence-corrected chi connectivity index (χ0v) is 11.7. The van der Waals surface area contributed by atoms with Crippen LogP contribution in [0.2, 0.25) is 0 Å². The number of methoxy groups -OCH3 is 1. The lowest BCUT2D eigenvalue weighted by Gasteiger charge is -2.24. The number of hydrogen-bond donors (Lipinski definition) is 2. The minimum absolute atomic E-state index is 0.111. The number of benzene rings is 1. The minimum Gasteiger partial charge on any atom is -0.395 e. The third kappa shape index (κ3) is 3.94. The molecule has 100 valence electrons. The summed E-state index contributed by atoms with van der Waals surface area (Å²) in [7, 11) is 1.67. The van der Waals surface area contributed by atoms with Gasteiger partial charge >= 0.3 is 0 Å². The Bertz CT molecular complexity index is 410. The van der Waals surface area contributed by atoms with Crippen LogP contribution < -0.4 is 10.6 Å². The van der Waals surface area contributed by atoms with Crippen LogP contribution in [-0.2, 0) is 4.74 Å². The van der Waals surface area contributed by atoms with E-state index in [4.69, 9.17) is 27.8 Å². The third-order valence-corrected chi connectivity index (χ3v) is 3.00. The molecule has 3 N–H and O–H groups in total. The Morgan fingerprint density at radius 2 is 2.17 bits per heavy atom. The van der Waals surface area contributed by atoms with Crippen LogP contribution in [0, 0.1) is 6.92 Å². The Balaban J connectivity index is 2.91. The number of aryl methyl sites for hydroxylation is 1. The van der Waals surface area contributed by atoms with Gasteiger partial charge in [-0.1, -0.05) is 12.2 Å². The van der Waals surface area contributed by atoms with Gasteiger partial charge < -0.3 is 20.5 Å². The summed E-state index contributed by atoms with van der Waals surface area (Å²) < 4.78 is 5.07. The van der Waals surface area contributed by atoms with Gasteiger partial charge in [0.1, 0.15) is 4.99 Å². The average molecular weight is 268 g/mol. The number of nitrogens with two attached hydrogens (primary N) is 1. The fourth-order valence-corrected chi connectivity index (χ4v) is 2.04. The number of ether oxygens (including phenoxy) is 1. The van der Waals surface area contributed by atoms with Gasteiger partial charge in [-0.3, -0.25) is 0 Å². The predicted molar refractivity (Wildman–Crippen MR) is 78.2 cm³/mol. The van der Waals surface area contributed by atoms with Crippen molar-refractivity contribution in [2.45, 2.75) is 6.92 Å². The molecule has 0 unspecified atom stereocenters. The van der Waals surface area contributed by atoms with Crippen molar-refractivity contribution in [2.24, 2.45) is 5.73 Å². The Kier molecular flexibility index (Phi) is 6.04. The lowest BCUT2D eigenvalue weighted by Crippen LogP contribution is -2.30. The zero-order chi connectivity index (χ0) is 13.5. The number of nitrogens with zero attached hydrogens (tertiary/aromatic N) is 1. The first-order chi connectivity index (χ1) is 8.60. The number of rotatable bonds is 7. The van der Waals surface area contributed by atoms with Crippen LogP contribution in [-0.4, -0.2) is 43.5 Å². The maximum absolute atomic E-state index is 9.09. The first-order valence-corrected chi connectivity index (χ1v) is 6.26. The summed E-state index contributed by atoms with van der Waals surface area (Å²) in [5, 5.41) is 9.09. The van der Waals surface area contributed by atoms with Crippen molar-refractivity contribution in [1.82, 2.24) is 0 Å². The molecule has 0 spiro atoms. The molecule has 0 fully saturated rings.